The topological polar surface area (TPSA) is 104 Å². The van der Waals surface area contributed by atoms with Crippen LogP contribution in [-0.2, 0) is 14.8 Å². The molecular formula is C22H20FN3O4S. The van der Waals surface area contributed by atoms with Gasteiger partial charge in [0.25, 0.3) is 15.9 Å². The minimum absolute atomic E-state index is 0.0756. The molecular weight excluding hydrogens is 421 g/mol. The van der Waals surface area contributed by atoms with Gasteiger partial charge in [0.15, 0.2) is 0 Å². The molecule has 0 atom stereocenters. The summed E-state index contributed by atoms with van der Waals surface area (Å²) in [4.78, 5) is 24.0. The van der Waals surface area contributed by atoms with Gasteiger partial charge in [-0.1, -0.05) is 24.3 Å². The standard InChI is InChI=1S/C22H20FN3O4S/c1-14-10-11-20(24-15(2)27)21(12-14)25-22(28)16-6-5-7-17(13-16)31(29,30)26-19-9-4-3-8-18(19)23/h3-13,26H,1-2H3,(H,24,27)(H,25,28). The van der Waals surface area contributed by atoms with E-state index in [0.717, 1.165) is 11.6 Å². The average molecular weight is 441 g/mol. The third-order valence-electron chi connectivity index (χ3n) is 4.26. The molecule has 0 aliphatic rings. The van der Waals surface area contributed by atoms with Gasteiger partial charge in [0, 0.05) is 12.5 Å². The second kappa shape index (κ2) is 8.97. The van der Waals surface area contributed by atoms with Gasteiger partial charge in [-0.15, -0.1) is 0 Å². The number of para-hydroxylation sites is 1. The Balaban J connectivity index is 1.87. The predicted molar refractivity (Wildman–Crippen MR) is 117 cm³/mol. The van der Waals surface area contributed by atoms with Crippen molar-refractivity contribution in [1.29, 1.82) is 0 Å². The lowest BCUT2D eigenvalue weighted by Crippen LogP contribution is -2.17. The Hall–Kier alpha value is -3.72. The summed E-state index contributed by atoms with van der Waals surface area (Å²) in [6.07, 6.45) is 0. The zero-order valence-corrected chi connectivity index (χ0v) is 17.6. The molecule has 0 aromatic heterocycles. The van der Waals surface area contributed by atoms with Crippen LogP contribution in [0.5, 0.6) is 0 Å². The van der Waals surface area contributed by atoms with E-state index in [1.54, 1.807) is 18.2 Å². The van der Waals surface area contributed by atoms with Crippen LogP contribution in [0.4, 0.5) is 21.5 Å². The van der Waals surface area contributed by atoms with Gasteiger partial charge in [0.05, 0.1) is 22.0 Å². The van der Waals surface area contributed by atoms with Crippen LogP contribution in [0, 0.1) is 12.7 Å². The van der Waals surface area contributed by atoms with Gasteiger partial charge in [0.2, 0.25) is 5.91 Å². The molecule has 0 aliphatic carbocycles. The van der Waals surface area contributed by atoms with Crippen molar-refractivity contribution in [3.8, 4) is 0 Å². The Morgan fingerprint density at radius 2 is 1.58 bits per heavy atom. The molecule has 0 unspecified atom stereocenters. The highest BCUT2D eigenvalue weighted by Crippen LogP contribution is 2.25. The molecule has 7 nitrogen and oxygen atoms in total. The predicted octanol–water partition coefficient (Wildman–Crippen LogP) is 4.15. The Labute approximate surface area is 179 Å². The average Bonchev–Trinajstić information content (AvgIpc) is 2.71. The van der Waals surface area contributed by atoms with Crippen molar-refractivity contribution >= 4 is 38.9 Å². The number of anilines is 3. The first-order chi connectivity index (χ1) is 14.7. The monoisotopic (exact) mass is 441 g/mol. The molecule has 0 radical (unpaired) electrons. The highest BCUT2D eigenvalue weighted by atomic mass is 32.2. The summed E-state index contributed by atoms with van der Waals surface area (Å²) in [6, 6.07) is 15.8. The molecule has 3 rings (SSSR count). The van der Waals surface area contributed by atoms with Gasteiger partial charge in [-0.25, -0.2) is 12.8 Å². The van der Waals surface area contributed by atoms with Crippen molar-refractivity contribution in [2.45, 2.75) is 18.7 Å². The largest absolute Gasteiger partial charge is 0.325 e. The summed E-state index contributed by atoms with van der Waals surface area (Å²) in [7, 11) is -4.12. The normalized spacial score (nSPS) is 10.9. The summed E-state index contributed by atoms with van der Waals surface area (Å²) in [5.41, 5.74) is 1.52. The highest BCUT2D eigenvalue weighted by molar-refractivity contribution is 7.92. The molecule has 0 fully saturated rings. The molecule has 0 heterocycles. The first kappa shape index (κ1) is 22.0. The molecule has 0 spiro atoms. The Bertz CT molecular complexity index is 1260. The van der Waals surface area contributed by atoms with Gasteiger partial charge in [0.1, 0.15) is 5.82 Å². The van der Waals surface area contributed by atoms with Crippen molar-refractivity contribution in [2.75, 3.05) is 15.4 Å². The number of nitrogens with one attached hydrogen (secondary N) is 3. The van der Waals surface area contributed by atoms with Crippen molar-refractivity contribution in [3.05, 3.63) is 83.7 Å². The summed E-state index contributed by atoms with van der Waals surface area (Å²) in [5, 5.41) is 5.31. The van der Waals surface area contributed by atoms with Crippen LogP contribution in [-0.4, -0.2) is 20.2 Å². The van der Waals surface area contributed by atoms with Crippen molar-refractivity contribution < 1.29 is 22.4 Å². The second-order valence-electron chi connectivity index (χ2n) is 6.80. The van der Waals surface area contributed by atoms with E-state index in [1.807, 2.05) is 6.92 Å². The van der Waals surface area contributed by atoms with Crippen LogP contribution < -0.4 is 15.4 Å². The fourth-order valence-corrected chi connectivity index (χ4v) is 3.92. The third-order valence-corrected chi connectivity index (χ3v) is 5.62. The van der Waals surface area contributed by atoms with Gasteiger partial charge < -0.3 is 10.6 Å². The number of halogens is 1. The number of carbonyl (C=O) groups excluding carboxylic acids is 2. The number of hydrogen-bond acceptors (Lipinski definition) is 4. The number of hydrogen-bond donors (Lipinski definition) is 3. The van der Waals surface area contributed by atoms with E-state index in [9.17, 15) is 22.4 Å². The Morgan fingerprint density at radius 3 is 2.29 bits per heavy atom. The SMILES string of the molecule is CC(=O)Nc1ccc(C)cc1NC(=O)c1cccc(S(=O)(=O)Nc2ccccc2F)c1. The van der Waals surface area contributed by atoms with E-state index in [-0.39, 0.29) is 22.1 Å². The first-order valence-corrected chi connectivity index (χ1v) is 10.7. The lowest BCUT2D eigenvalue weighted by atomic mass is 10.1. The number of benzene rings is 3. The smallest absolute Gasteiger partial charge is 0.262 e. The zero-order valence-electron chi connectivity index (χ0n) is 16.8. The van der Waals surface area contributed by atoms with Gasteiger partial charge in [-0.05, 0) is 55.0 Å². The van der Waals surface area contributed by atoms with Crippen molar-refractivity contribution in [1.82, 2.24) is 0 Å². The summed E-state index contributed by atoms with van der Waals surface area (Å²) < 4.78 is 41.3. The van der Waals surface area contributed by atoms with E-state index in [1.165, 1.54) is 49.4 Å². The van der Waals surface area contributed by atoms with Gasteiger partial charge >= 0.3 is 0 Å². The Morgan fingerprint density at radius 1 is 0.839 bits per heavy atom. The van der Waals surface area contributed by atoms with Crippen LogP contribution >= 0.6 is 0 Å². The lowest BCUT2D eigenvalue weighted by molar-refractivity contribution is -0.114. The second-order valence-corrected chi connectivity index (χ2v) is 8.48. The third kappa shape index (κ3) is 5.46. The highest BCUT2D eigenvalue weighted by Gasteiger charge is 2.18. The maximum Gasteiger partial charge on any atom is 0.262 e. The maximum absolute atomic E-state index is 13.8. The van der Waals surface area contributed by atoms with E-state index in [0.29, 0.717) is 11.4 Å². The fraction of sp³-hybridized carbons (Fsp3) is 0.0909. The van der Waals surface area contributed by atoms with Crippen LogP contribution in [0.2, 0.25) is 0 Å². The molecule has 0 saturated heterocycles. The molecule has 2 amide bonds. The summed E-state index contributed by atoms with van der Waals surface area (Å²) >= 11 is 0. The maximum atomic E-state index is 13.8. The number of sulfonamides is 1. The lowest BCUT2D eigenvalue weighted by Gasteiger charge is -2.13. The summed E-state index contributed by atoms with van der Waals surface area (Å²) in [6.45, 7) is 3.18. The number of amides is 2. The van der Waals surface area contributed by atoms with Crippen LogP contribution in [0.3, 0.4) is 0 Å². The number of carbonyl (C=O) groups is 2. The molecule has 0 saturated carbocycles. The Kier molecular flexibility index (Phi) is 6.36. The van der Waals surface area contributed by atoms with Crippen molar-refractivity contribution in [3.63, 3.8) is 0 Å². The summed E-state index contributed by atoms with van der Waals surface area (Å²) in [5.74, 6) is -1.59. The zero-order chi connectivity index (χ0) is 22.6. The minimum Gasteiger partial charge on any atom is -0.325 e. The van der Waals surface area contributed by atoms with Gasteiger partial charge in [-0.3, -0.25) is 14.3 Å². The van der Waals surface area contributed by atoms with Crippen molar-refractivity contribution in [2.24, 2.45) is 0 Å². The molecule has 31 heavy (non-hydrogen) atoms. The van der Waals surface area contributed by atoms with Crippen LogP contribution in [0.15, 0.2) is 71.6 Å². The van der Waals surface area contributed by atoms with Gasteiger partial charge in [-0.2, -0.15) is 0 Å². The van der Waals surface area contributed by atoms with E-state index in [2.05, 4.69) is 15.4 Å². The fourth-order valence-electron chi connectivity index (χ4n) is 2.81. The number of aryl methyl sites for hydroxylation is 1. The van der Waals surface area contributed by atoms with E-state index >= 15 is 0 Å². The quantitative estimate of drug-likeness (QED) is 0.535. The molecule has 9 heteroatoms. The van der Waals surface area contributed by atoms with E-state index in [4.69, 9.17) is 0 Å². The molecule has 3 aromatic rings. The molecule has 160 valence electrons. The van der Waals surface area contributed by atoms with Crippen LogP contribution in [0.1, 0.15) is 22.8 Å². The minimum atomic E-state index is -4.12. The molecule has 3 aromatic carbocycles. The molecule has 3 N–H and O–H groups in total. The molecule has 0 aliphatic heterocycles. The van der Waals surface area contributed by atoms with E-state index < -0.39 is 21.7 Å². The first-order valence-electron chi connectivity index (χ1n) is 9.23. The number of rotatable bonds is 6. The molecule has 0 bridgehead atoms. The van der Waals surface area contributed by atoms with Crippen LogP contribution in [0.25, 0.3) is 0 Å².